The van der Waals surface area contributed by atoms with E-state index in [0.717, 1.165) is 12.3 Å². The first kappa shape index (κ1) is 18.8. The van der Waals surface area contributed by atoms with E-state index in [2.05, 4.69) is 89.5 Å². The lowest BCUT2D eigenvalue weighted by atomic mass is 9.91. The number of piperidine rings is 1. The van der Waals surface area contributed by atoms with E-state index in [9.17, 15) is 0 Å². The van der Waals surface area contributed by atoms with Gasteiger partial charge < -0.3 is 4.90 Å². The normalized spacial score (nSPS) is 23.9. The summed E-state index contributed by atoms with van der Waals surface area (Å²) in [5.74, 6) is 0.875. The Morgan fingerprint density at radius 1 is 0.862 bits per heavy atom. The molecule has 5 rings (SSSR count). The summed E-state index contributed by atoms with van der Waals surface area (Å²) in [5.41, 5.74) is 2.95. The number of rotatable bonds is 5. The molecule has 3 aromatic carbocycles. The van der Waals surface area contributed by atoms with Crippen LogP contribution in [0.2, 0.25) is 0 Å². The Balaban J connectivity index is 1.31. The van der Waals surface area contributed by atoms with Crippen molar-refractivity contribution in [3.8, 4) is 0 Å². The molecule has 2 heterocycles. The number of nitrogens with zero attached hydrogens (tertiary/aromatic N) is 2. The Kier molecular flexibility index (Phi) is 5.39. The highest BCUT2D eigenvalue weighted by atomic mass is 15.3. The van der Waals surface area contributed by atoms with Gasteiger partial charge in [-0.3, -0.25) is 4.90 Å². The van der Waals surface area contributed by atoms with Crippen LogP contribution in [-0.2, 0) is 6.42 Å². The first-order chi connectivity index (χ1) is 14.3. The van der Waals surface area contributed by atoms with Gasteiger partial charge in [0.05, 0.1) is 0 Å². The molecule has 150 valence electrons. The fraction of sp³-hybridized carbons (Fsp3) is 0.407. The van der Waals surface area contributed by atoms with Crippen molar-refractivity contribution < 1.29 is 0 Å². The molecule has 2 nitrogen and oxygen atoms in total. The second kappa shape index (κ2) is 8.30. The highest BCUT2D eigenvalue weighted by Gasteiger charge is 2.40. The summed E-state index contributed by atoms with van der Waals surface area (Å²) in [4.78, 5) is 5.52. The molecule has 2 aliphatic heterocycles. The predicted molar refractivity (Wildman–Crippen MR) is 122 cm³/mol. The van der Waals surface area contributed by atoms with Gasteiger partial charge in [0, 0.05) is 25.2 Å². The second-order valence-electron chi connectivity index (χ2n) is 8.92. The van der Waals surface area contributed by atoms with E-state index in [0.29, 0.717) is 12.1 Å². The van der Waals surface area contributed by atoms with Crippen LogP contribution in [-0.4, -0.2) is 42.0 Å². The highest BCUT2D eigenvalue weighted by Crippen LogP contribution is 2.38. The third-order valence-corrected chi connectivity index (χ3v) is 7.32. The Hall–Kier alpha value is -2.16. The maximum Gasteiger partial charge on any atom is 0.0329 e. The van der Waals surface area contributed by atoms with E-state index in [4.69, 9.17) is 0 Å². The molecule has 2 heteroatoms. The lowest BCUT2D eigenvalue weighted by Crippen LogP contribution is -2.49. The quantitative estimate of drug-likeness (QED) is 0.570. The molecule has 2 saturated heterocycles. The second-order valence-corrected chi connectivity index (χ2v) is 8.92. The summed E-state index contributed by atoms with van der Waals surface area (Å²) in [7, 11) is 0. The van der Waals surface area contributed by atoms with E-state index in [-0.39, 0.29) is 0 Å². The number of likely N-dealkylation sites (tertiary alicyclic amines) is 2. The molecule has 0 aromatic heterocycles. The average molecular weight is 385 g/mol. The van der Waals surface area contributed by atoms with E-state index in [1.54, 1.807) is 0 Å². The van der Waals surface area contributed by atoms with Crippen LogP contribution in [0, 0.1) is 5.92 Å². The zero-order valence-electron chi connectivity index (χ0n) is 17.5. The summed E-state index contributed by atoms with van der Waals surface area (Å²) in [6.07, 6.45) is 3.89. The first-order valence-corrected chi connectivity index (χ1v) is 11.3. The standard InChI is InChI=1S/C27H32N2/c1-21(25-13-7-11-23-10-5-6-12-26(23)25)29-19-16-24-15-18-28(20-27(24)29)17-14-22-8-3-2-4-9-22/h2-13,21,24,27H,14-20H2,1H3/t21?,24-,27-/m1/s1. The van der Waals surface area contributed by atoms with Crippen molar-refractivity contribution in [2.75, 3.05) is 26.2 Å². The van der Waals surface area contributed by atoms with Gasteiger partial charge in [-0.1, -0.05) is 72.8 Å². The minimum atomic E-state index is 0.477. The van der Waals surface area contributed by atoms with Gasteiger partial charge >= 0.3 is 0 Å². The molecule has 0 amide bonds. The maximum absolute atomic E-state index is 2.81. The molecular formula is C27H32N2. The van der Waals surface area contributed by atoms with Crippen molar-refractivity contribution >= 4 is 10.8 Å². The van der Waals surface area contributed by atoms with Crippen LogP contribution in [0.3, 0.4) is 0 Å². The van der Waals surface area contributed by atoms with Crippen LogP contribution < -0.4 is 0 Å². The molecule has 0 saturated carbocycles. The summed E-state index contributed by atoms with van der Waals surface area (Å²) >= 11 is 0. The molecule has 0 bridgehead atoms. The fourth-order valence-corrected chi connectivity index (χ4v) is 5.65. The average Bonchev–Trinajstić information content (AvgIpc) is 3.21. The Bertz CT molecular complexity index is 946. The summed E-state index contributed by atoms with van der Waals surface area (Å²) in [6, 6.07) is 27.8. The molecule has 1 unspecified atom stereocenters. The van der Waals surface area contributed by atoms with Crippen LogP contribution in [0.1, 0.15) is 36.9 Å². The van der Waals surface area contributed by atoms with Gasteiger partial charge in [-0.2, -0.15) is 0 Å². The fourth-order valence-electron chi connectivity index (χ4n) is 5.65. The minimum absolute atomic E-state index is 0.477. The third-order valence-electron chi connectivity index (χ3n) is 7.32. The molecular weight excluding hydrogens is 352 g/mol. The lowest BCUT2D eigenvalue weighted by molar-refractivity contribution is 0.0839. The zero-order chi connectivity index (χ0) is 19.6. The summed E-state index contributed by atoms with van der Waals surface area (Å²) < 4.78 is 0. The number of benzene rings is 3. The SMILES string of the molecule is CC(c1cccc2ccccc12)N1CC[C@H]2CCN(CCc3ccccc3)C[C@H]21. The summed E-state index contributed by atoms with van der Waals surface area (Å²) in [5, 5.41) is 2.78. The topological polar surface area (TPSA) is 6.48 Å². The van der Waals surface area contributed by atoms with Gasteiger partial charge in [-0.05, 0) is 67.1 Å². The van der Waals surface area contributed by atoms with Gasteiger partial charge in [0.2, 0.25) is 0 Å². The highest BCUT2D eigenvalue weighted by molar-refractivity contribution is 5.86. The smallest absolute Gasteiger partial charge is 0.0329 e. The van der Waals surface area contributed by atoms with E-state index in [1.165, 1.54) is 60.9 Å². The number of hydrogen-bond acceptors (Lipinski definition) is 2. The van der Waals surface area contributed by atoms with Crippen molar-refractivity contribution in [3.05, 3.63) is 83.9 Å². The Labute approximate surface area is 175 Å². The first-order valence-electron chi connectivity index (χ1n) is 11.3. The van der Waals surface area contributed by atoms with Gasteiger partial charge in [-0.15, -0.1) is 0 Å². The van der Waals surface area contributed by atoms with Crippen LogP contribution >= 0.6 is 0 Å². The molecule has 0 spiro atoms. The molecule has 0 radical (unpaired) electrons. The monoisotopic (exact) mass is 384 g/mol. The predicted octanol–water partition coefficient (Wildman–Crippen LogP) is 5.54. The molecule has 2 fully saturated rings. The van der Waals surface area contributed by atoms with Gasteiger partial charge in [0.1, 0.15) is 0 Å². The van der Waals surface area contributed by atoms with Crippen molar-refractivity contribution in [1.82, 2.24) is 9.80 Å². The van der Waals surface area contributed by atoms with Crippen LogP contribution in [0.25, 0.3) is 10.8 Å². The number of fused-ring (bicyclic) bond motifs is 2. The van der Waals surface area contributed by atoms with Crippen molar-refractivity contribution in [3.63, 3.8) is 0 Å². The number of hydrogen-bond donors (Lipinski definition) is 0. The molecule has 0 aliphatic carbocycles. The van der Waals surface area contributed by atoms with Crippen LogP contribution in [0.4, 0.5) is 0 Å². The van der Waals surface area contributed by atoms with E-state index < -0.39 is 0 Å². The molecule has 29 heavy (non-hydrogen) atoms. The maximum atomic E-state index is 2.81. The van der Waals surface area contributed by atoms with Gasteiger partial charge in [-0.25, -0.2) is 0 Å². The Morgan fingerprint density at radius 3 is 2.52 bits per heavy atom. The van der Waals surface area contributed by atoms with Crippen molar-refractivity contribution in [1.29, 1.82) is 0 Å². The van der Waals surface area contributed by atoms with E-state index >= 15 is 0 Å². The zero-order valence-corrected chi connectivity index (χ0v) is 17.5. The van der Waals surface area contributed by atoms with Gasteiger partial charge in [0.15, 0.2) is 0 Å². The van der Waals surface area contributed by atoms with E-state index in [1.807, 2.05) is 0 Å². The minimum Gasteiger partial charge on any atom is -0.301 e. The largest absolute Gasteiger partial charge is 0.301 e. The lowest BCUT2D eigenvalue weighted by Gasteiger charge is -2.41. The molecule has 3 aromatic rings. The molecule has 2 aliphatic rings. The molecule has 3 atom stereocenters. The third kappa shape index (κ3) is 3.84. The van der Waals surface area contributed by atoms with Crippen molar-refractivity contribution in [2.24, 2.45) is 5.92 Å². The van der Waals surface area contributed by atoms with Crippen LogP contribution in [0.15, 0.2) is 72.8 Å². The molecule has 0 N–H and O–H groups in total. The summed E-state index contributed by atoms with van der Waals surface area (Å²) in [6.45, 7) is 7.35. The Morgan fingerprint density at radius 2 is 1.62 bits per heavy atom. The van der Waals surface area contributed by atoms with Crippen LogP contribution in [0.5, 0.6) is 0 Å². The van der Waals surface area contributed by atoms with Crippen molar-refractivity contribution in [2.45, 2.75) is 38.3 Å². The van der Waals surface area contributed by atoms with Gasteiger partial charge in [0.25, 0.3) is 0 Å².